The molecule has 6 nitrogen and oxygen atoms in total. The van der Waals surface area contributed by atoms with Gasteiger partial charge in [-0.25, -0.2) is 4.98 Å². The van der Waals surface area contributed by atoms with E-state index in [2.05, 4.69) is 20.6 Å². The average Bonchev–Trinajstić information content (AvgIpc) is 2.68. The highest BCUT2D eigenvalue weighted by atomic mass is 19.4. The predicted molar refractivity (Wildman–Crippen MR) is 99.6 cm³/mol. The summed E-state index contributed by atoms with van der Waals surface area (Å²) < 4.78 is 49.9. The zero-order valence-corrected chi connectivity index (χ0v) is 15.0. The highest BCUT2D eigenvalue weighted by Gasteiger charge is 2.33. The third-order valence-corrected chi connectivity index (χ3v) is 3.81. The maximum Gasteiger partial charge on any atom is 0.418 e. The molecule has 0 saturated carbocycles. The van der Waals surface area contributed by atoms with Gasteiger partial charge in [0.05, 0.1) is 31.2 Å². The van der Waals surface area contributed by atoms with Gasteiger partial charge in [0.1, 0.15) is 17.3 Å². The van der Waals surface area contributed by atoms with E-state index in [1.165, 1.54) is 31.5 Å². The molecule has 3 aromatic rings. The minimum atomic E-state index is -4.49. The molecule has 3 rings (SSSR count). The molecule has 0 aliphatic heterocycles. The topological polar surface area (TPSA) is 68.3 Å². The Morgan fingerprint density at radius 1 is 0.893 bits per heavy atom. The monoisotopic (exact) mass is 390 g/mol. The van der Waals surface area contributed by atoms with Crippen LogP contribution in [0.15, 0.2) is 54.7 Å². The van der Waals surface area contributed by atoms with Crippen molar-refractivity contribution in [2.75, 3.05) is 24.9 Å². The summed E-state index contributed by atoms with van der Waals surface area (Å²) in [7, 11) is 3.06. The lowest BCUT2D eigenvalue weighted by Gasteiger charge is -2.14. The molecule has 0 aliphatic rings. The van der Waals surface area contributed by atoms with E-state index in [1.807, 2.05) is 0 Å². The number of ether oxygens (including phenoxy) is 2. The van der Waals surface area contributed by atoms with Crippen molar-refractivity contribution in [1.29, 1.82) is 0 Å². The molecule has 0 amide bonds. The van der Waals surface area contributed by atoms with Crippen molar-refractivity contribution in [1.82, 2.24) is 9.97 Å². The Kier molecular flexibility index (Phi) is 5.53. The van der Waals surface area contributed by atoms with Crippen LogP contribution in [0.5, 0.6) is 11.5 Å². The number of para-hydroxylation sites is 1. The largest absolute Gasteiger partial charge is 0.497 e. The Balaban J connectivity index is 1.85. The van der Waals surface area contributed by atoms with Crippen LogP contribution in [0.3, 0.4) is 0 Å². The van der Waals surface area contributed by atoms with Crippen LogP contribution in [-0.2, 0) is 6.18 Å². The Morgan fingerprint density at radius 3 is 2.39 bits per heavy atom. The van der Waals surface area contributed by atoms with E-state index < -0.39 is 11.7 Å². The van der Waals surface area contributed by atoms with Gasteiger partial charge in [-0.15, -0.1) is 0 Å². The molecule has 0 radical (unpaired) electrons. The lowest BCUT2D eigenvalue weighted by atomic mass is 10.1. The van der Waals surface area contributed by atoms with Gasteiger partial charge in [0.25, 0.3) is 0 Å². The Hall–Kier alpha value is -3.49. The van der Waals surface area contributed by atoms with Gasteiger partial charge in [-0.1, -0.05) is 12.1 Å². The molecular weight excluding hydrogens is 373 g/mol. The van der Waals surface area contributed by atoms with Crippen molar-refractivity contribution in [3.05, 3.63) is 60.3 Å². The number of rotatable bonds is 6. The van der Waals surface area contributed by atoms with Crippen LogP contribution < -0.4 is 20.1 Å². The Labute approximate surface area is 159 Å². The van der Waals surface area contributed by atoms with E-state index >= 15 is 0 Å². The third kappa shape index (κ3) is 4.43. The minimum absolute atomic E-state index is 0.0224. The second kappa shape index (κ2) is 8.03. The maximum atomic E-state index is 13.1. The first-order valence-corrected chi connectivity index (χ1v) is 8.16. The van der Waals surface area contributed by atoms with Crippen LogP contribution in [0.2, 0.25) is 0 Å². The molecule has 9 heteroatoms. The number of anilines is 4. The van der Waals surface area contributed by atoms with E-state index in [4.69, 9.17) is 9.47 Å². The fraction of sp³-hybridized carbons (Fsp3) is 0.158. The van der Waals surface area contributed by atoms with Crippen molar-refractivity contribution in [3.63, 3.8) is 0 Å². The number of benzene rings is 2. The summed E-state index contributed by atoms with van der Waals surface area (Å²) in [5, 5.41) is 5.67. The first-order valence-electron chi connectivity index (χ1n) is 8.16. The molecule has 0 bridgehead atoms. The van der Waals surface area contributed by atoms with E-state index in [-0.39, 0.29) is 11.6 Å². The molecule has 0 aliphatic carbocycles. The van der Waals surface area contributed by atoms with Crippen LogP contribution in [0, 0.1) is 0 Å². The van der Waals surface area contributed by atoms with Gasteiger partial charge in [0.15, 0.2) is 0 Å². The summed E-state index contributed by atoms with van der Waals surface area (Å²) in [6.45, 7) is 0. The SMILES string of the molecule is COc1ccc(Nc2ccnc(Nc3ccccc3C(F)(F)F)n2)c(OC)c1. The summed E-state index contributed by atoms with van der Waals surface area (Å²) in [6.07, 6.45) is -3.06. The van der Waals surface area contributed by atoms with Crippen molar-refractivity contribution >= 4 is 23.1 Å². The number of alkyl halides is 3. The fourth-order valence-electron chi connectivity index (χ4n) is 2.49. The second-order valence-corrected chi connectivity index (χ2v) is 5.63. The van der Waals surface area contributed by atoms with Crippen molar-refractivity contribution in [2.45, 2.75) is 6.18 Å². The highest BCUT2D eigenvalue weighted by molar-refractivity contribution is 5.67. The van der Waals surface area contributed by atoms with Crippen LogP contribution >= 0.6 is 0 Å². The summed E-state index contributed by atoms with van der Waals surface area (Å²) in [4.78, 5) is 8.21. The molecule has 0 saturated heterocycles. The highest BCUT2D eigenvalue weighted by Crippen LogP contribution is 2.36. The average molecular weight is 390 g/mol. The lowest BCUT2D eigenvalue weighted by Crippen LogP contribution is -2.09. The second-order valence-electron chi connectivity index (χ2n) is 5.63. The number of halogens is 3. The molecule has 146 valence electrons. The first kappa shape index (κ1) is 19.3. The number of hydrogen-bond acceptors (Lipinski definition) is 6. The molecule has 0 atom stereocenters. The smallest absolute Gasteiger partial charge is 0.418 e. The van der Waals surface area contributed by atoms with Gasteiger partial charge in [-0.05, 0) is 30.3 Å². The molecule has 2 aromatic carbocycles. The molecular formula is C19H17F3N4O2. The van der Waals surface area contributed by atoms with E-state index in [0.29, 0.717) is 23.0 Å². The quantitative estimate of drug-likeness (QED) is 0.617. The van der Waals surface area contributed by atoms with Gasteiger partial charge in [-0.3, -0.25) is 0 Å². The maximum absolute atomic E-state index is 13.1. The number of nitrogens with one attached hydrogen (secondary N) is 2. The zero-order chi connectivity index (χ0) is 20.1. The van der Waals surface area contributed by atoms with Crippen molar-refractivity contribution in [3.8, 4) is 11.5 Å². The van der Waals surface area contributed by atoms with Crippen LogP contribution in [0.1, 0.15) is 5.56 Å². The minimum Gasteiger partial charge on any atom is -0.497 e. The van der Waals surface area contributed by atoms with Crippen LogP contribution in [0.4, 0.5) is 36.3 Å². The van der Waals surface area contributed by atoms with Crippen LogP contribution in [0.25, 0.3) is 0 Å². The fourth-order valence-corrected chi connectivity index (χ4v) is 2.49. The molecule has 1 heterocycles. The van der Waals surface area contributed by atoms with E-state index in [9.17, 15) is 13.2 Å². The van der Waals surface area contributed by atoms with Crippen LogP contribution in [-0.4, -0.2) is 24.2 Å². The molecule has 0 spiro atoms. The molecule has 2 N–H and O–H groups in total. The summed E-state index contributed by atoms with van der Waals surface area (Å²) in [6, 6.07) is 11.9. The van der Waals surface area contributed by atoms with Gasteiger partial charge >= 0.3 is 6.18 Å². The molecule has 0 fully saturated rings. The number of nitrogens with zero attached hydrogens (tertiary/aromatic N) is 2. The van der Waals surface area contributed by atoms with E-state index in [0.717, 1.165) is 6.07 Å². The van der Waals surface area contributed by atoms with Gasteiger partial charge in [0.2, 0.25) is 5.95 Å². The molecule has 28 heavy (non-hydrogen) atoms. The van der Waals surface area contributed by atoms with Gasteiger partial charge in [0, 0.05) is 12.3 Å². The van der Waals surface area contributed by atoms with Crippen molar-refractivity contribution in [2.24, 2.45) is 0 Å². The summed E-state index contributed by atoms with van der Waals surface area (Å²) in [5.74, 6) is 1.55. The third-order valence-electron chi connectivity index (χ3n) is 3.81. The van der Waals surface area contributed by atoms with Crippen molar-refractivity contribution < 1.29 is 22.6 Å². The van der Waals surface area contributed by atoms with Gasteiger partial charge in [-0.2, -0.15) is 18.2 Å². The number of hydrogen-bond donors (Lipinski definition) is 2. The van der Waals surface area contributed by atoms with Gasteiger partial charge < -0.3 is 20.1 Å². The predicted octanol–water partition coefficient (Wildman–Crippen LogP) is 5.00. The normalized spacial score (nSPS) is 11.0. The zero-order valence-electron chi connectivity index (χ0n) is 15.0. The number of methoxy groups -OCH3 is 2. The van der Waals surface area contributed by atoms with E-state index in [1.54, 1.807) is 31.4 Å². The first-order chi connectivity index (χ1) is 13.4. The summed E-state index contributed by atoms with van der Waals surface area (Å²) in [5.41, 5.74) is -0.313. The molecule has 0 unspecified atom stereocenters. The number of aromatic nitrogens is 2. The Bertz CT molecular complexity index is 964. The molecule has 1 aromatic heterocycles. The standard InChI is InChI=1S/C19H17F3N4O2/c1-27-12-7-8-15(16(11-12)28-2)24-17-9-10-23-18(26-17)25-14-6-4-3-5-13(14)19(20,21)22/h3-11H,1-2H3,(H2,23,24,25,26). The Morgan fingerprint density at radius 2 is 1.68 bits per heavy atom. The summed E-state index contributed by atoms with van der Waals surface area (Å²) >= 11 is 0. The lowest BCUT2D eigenvalue weighted by molar-refractivity contribution is -0.136.